The molecule has 0 bridgehead atoms. The first-order chi connectivity index (χ1) is 7.99. The predicted molar refractivity (Wildman–Crippen MR) is 67.5 cm³/mol. The van der Waals surface area contributed by atoms with Gasteiger partial charge in [0.05, 0.1) is 4.21 Å². The Morgan fingerprint density at radius 3 is 2.76 bits per heavy atom. The molecule has 92 valence electrons. The molecule has 1 unspecified atom stereocenters. The van der Waals surface area contributed by atoms with Crippen LogP contribution >= 0.6 is 11.3 Å². The summed E-state index contributed by atoms with van der Waals surface area (Å²) in [5.41, 5.74) is 0.743. The second-order valence-corrected chi connectivity index (χ2v) is 6.53. The monoisotopic (exact) mass is 271 g/mol. The molecule has 1 atom stereocenters. The molecular weight excluding hydrogens is 259 g/mol. The fourth-order valence-electron chi connectivity index (χ4n) is 1.83. The number of hydrogen-bond acceptors (Lipinski definition) is 3. The highest BCUT2D eigenvalue weighted by Crippen LogP contribution is 2.35. The van der Waals surface area contributed by atoms with Crippen LogP contribution in [0.3, 0.4) is 0 Å². The molecule has 0 aliphatic rings. The maximum atomic E-state index is 13.2. The smallest absolute Gasteiger partial charge is 0.123 e. The summed E-state index contributed by atoms with van der Waals surface area (Å²) in [7, 11) is 0. The van der Waals surface area contributed by atoms with Crippen molar-refractivity contribution >= 4 is 32.5 Å². The molecule has 17 heavy (non-hydrogen) atoms. The lowest BCUT2D eigenvalue weighted by atomic mass is 10.0. The molecule has 0 fully saturated rings. The molecule has 5 heteroatoms. The van der Waals surface area contributed by atoms with E-state index < -0.39 is 11.1 Å². The molecule has 0 aliphatic carbocycles. The molecule has 2 aromatic rings. The van der Waals surface area contributed by atoms with Gasteiger partial charge in [-0.2, -0.15) is 0 Å². The lowest BCUT2D eigenvalue weighted by molar-refractivity contribution is 0.537. The van der Waals surface area contributed by atoms with E-state index in [4.69, 9.17) is 0 Å². The second kappa shape index (κ2) is 4.84. The van der Waals surface area contributed by atoms with Gasteiger partial charge in [0.1, 0.15) is 5.82 Å². The van der Waals surface area contributed by atoms with E-state index in [2.05, 4.69) is 0 Å². The van der Waals surface area contributed by atoms with Crippen LogP contribution in [-0.4, -0.2) is 8.76 Å². The number of fused-ring (bicyclic) bond motifs is 1. The van der Waals surface area contributed by atoms with E-state index in [9.17, 15) is 13.2 Å². The van der Waals surface area contributed by atoms with Gasteiger partial charge in [-0.15, -0.1) is 11.3 Å². The van der Waals surface area contributed by atoms with E-state index >= 15 is 0 Å². The van der Waals surface area contributed by atoms with E-state index in [1.165, 1.54) is 23.5 Å². The highest BCUT2D eigenvalue weighted by molar-refractivity contribution is 7.82. The first kappa shape index (κ1) is 12.7. The van der Waals surface area contributed by atoms with Gasteiger partial charge in [0, 0.05) is 4.70 Å². The summed E-state index contributed by atoms with van der Waals surface area (Å²) in [6.07, 6.45) is 0.646. The van der Waals surface area contributed by atoms with E-state index in [1.807, 2.05) is 13.8 Å². The molecule has 0 amide bonds. The van der Waals surface area contributed by atoms with Gasteiger partial charge in [0.2, 0.25) is 0 Å². The van der Waals surface area contributed by atoms with Crippen LogP contribution in [0, 0.1) is 11.7 Å². The average molecular weight is 271 g/mol. The molecule has 0 N–H and O–H groups in total. The lowest BCUT2D eigenvalue weighted by Crippen LogP contribution is -1.98. The highest BCUT2D eigenvalue weighted by atomic mass is 32.2. The van der Waals surface area contributed by atoms with Crippen LogP contribution in [0.25, 0.3) is 10.1 Å². The lowest BCUT2D eigenvalue weighted by Gasteiger charge is -2.09. The predicted octanol–water partition coefficient (Wildman–Crippen LogP) is 3.48. The summed E-state index contributed by atoms with van der Waals surface area (Å²) in [5.74, 6) is 0.00176. The van der Waals surface area contributed by atoms with Crippen molar-refractivity contribution in [2.24, 2.45) is 5.92 Å². The zero-order valence-electron chi connectivity index (χ0n) is 9.53. The van der Waals surface area contributed by atoms with Gasteiger partial charge in [-0.1, -0.05) is 13.8 Å². The van der Waals surface area contributed by atoms with Gasteiger partial charge >= 0.3 is 0 Å². The van der Waals surface area contributed by atoms with Crippen molar-refractivity contribution in [3.05, 3.63) is 29.6 Å². The van der Waals surface area contributed by atoms with Crippen LogP contribution in [0.2, 0.25) is 0 Å². The summed E-state index contributed by atoms with van der Waals surface area (Å²) in [5, 5.41) is 0.725. The van der Waals surface area contributed by atoms with E-state index in [0.717, 1.165) is 15.6 Å². The fourth-order valence-corrected chi connectivity index (χ4v) is 3.71. The first-order valence-corrected chi connectivity index (χ1v) is 7.18. The van der Waals surface area contributed by atoms with Crippen molar-refractivity contribution < 1.29 is 13.2 Å². The van der Waals surface area contributed by atoms with Crippen LogP contribution in [-0.2, 0) is 17.5 Å². The number of thiophene rings is 1. The SMILES string of the molecule is CC(C)Cc1c(S(=O)[O-])sc2ccc(F)cc12. The minimum absolute atomic E-state index is 0.330. The van der Waals surface area contributed by atoms with Gasteiger partial charge < -0.3 is 4.55 Å². The van der Waals surface area contributed by atoms with Gasteiger partial charge in [0.15, 0.2) is 0 Å². The minimum Gasteiger partial charge on any atom is -0.768 e. The van der Waals surface area contributed by atoms with E-state index in [1.54, 1.807) is 6.07 Å². The van der Waals surface area contributed by atoms with Crippen LogP contribution in [0.1, 0.15) is 19.4 Å². The first-order valence-electron chi connectivity index (χ1n) is 5.29. The molecule has 0 spiro atoms. The molecule has 0 saturated carbocycles. The Bertz CT molecular complexity index is 575. The Labute approximate surface area is 106 Å². The van der Waals surface area contributed by atoms with Gasteiger partial charge in [-0.3, -0.25) is 4.21 Å². The van der Waals surface area contributed by atoms with Crippen LogP contribution in [0.5, 0.6) is 0 Å². The second-order valence-electron chi connectivity index (χ2n) is 4.34. The van der Waals surface area contributed by atoms with Gasteiger partial charge in [0.25, 0.3) is 0 Å². The van der Waals surface area contributed by atoms with Crippen molar-refractivity contribution in [3.63, 3.8) is 0 Å². The van der Waals surface area contributed by atoms with Crippen molar-refractivity contribution in [1.29, 1.82) is 0 Å². The van der Waals surface area contributed by atoms with Gasteiger partial charge in [-0.25, -0.2) is 4.39 Å². The summed E-state index contributed by atoms with van der Waals surface area (Å²) >= 11 is -1.05. The van der Waals surface area contributed by atoms with E-state index in [0.29, 0.717) is 16.5 Å². The number of rotatable bonds is 3. The molecule has 1 aromatic carbocycles. The molecule has 1 heterocycles. The van der Waals surface area contributed by atoms with Crippen LogP contribution in [0.4, 0.5) is 4.39 Å². The van der Waals surface area contributed by atoms with Crippen molar-refractivity contribution in [2.45, 2.75) is 24.5 Å². The van der Waals surface area contributed by atoms with Crippen LogP contribution < -0.4 is 0 Å². The quantitative estimate of drug-likeness (QED) is 0.802. The maximum Gasteiger partial charge on any atom is 0.123 e. The molecule has 0 aliphatic heterocycles. The third kappa shape index (κ3) is 2.56. The number of benzene rings is 1. The normalized spacial score (nSPS) is 13.5. The fraction of sp³-hybridized carbons (Fsp3) is 0.333. The topological polar surface area (TPSA) is 40.1 Å². The maximum absolute atomic E-state index is 13.2. The van der Waals surface area contributed by atoms with Gasteiger partial charge in [-0.05, 0) is 52.6 Å². The third-order valence-electron chi connectivity index (χ3n) is 2.48. The Hall–Kier alpha value is -0.780. The summed E-state index contributed by atoms with van der Waals surface area (Å²) in [6.45, 7) is 4.03. The Kier molecular flexibility index (Phi) is 3.61. The molecule has 2 nitrogen and oxygen atoms in total. The van der Waals surface area contributed by atoms with E-state index in [-0.39, 0.29) is 5.82 Å². The Morgan fingerprint density at radius 2 is 2.18 bits per heavy atom. The standard InChI is InChI=1S/C12H13FO2S2/c1-7(2)5-10-9-6-8(13)3-4-11(9)16-12(10)17(14)15/h3-4,6-7H,5H2,1-2H3,(H,14,15)/p-1. The zero-order chi connectivity index (χ0) is 12.6. The Balaban J connectivity index is 2.68. The minimum atomic E-state index is -2.25. The summed E-state index contributed by atoms with van der Waals surface area (Å²) in [4.78, 5) is 0. The Morgan fingerprint density at radius 1 is 1.47 bits per heavy atom. The largest absolute Gasteiger partial charge is 0.768 e. The molecule has 0 saturated heterocycles. The van der Waals surface area contributed by atoms with Crippen LogP contribution in [0.15, 0.2) is 22.4 Å². The molecule has 1 aromatic heterocycles. The molecule has 2 rings (SSSR count). The van der Waals surface area contributed by atoms with Crippen molar-refractivity contribution in [2.75, 3.05) is 0 Å². The number of hydrogen-bond donors (Lipinski definition) is 0. The molecule has 0 radical (unpaired) electrons. The van der Waals surface area contributed by atoms with Crippen molar-refractivity contribution in [1.82, 2.24) is 0 Å². The molecular formula is C12H12FO2S2-. The summed E-state index contributed by atoms with van der Waals surface area (Å²) in [6, 6.07) is 4.41. The highest BCUT2D eigenvalue weighted by Gasteiger charge is 2.14. The number of halogens is 1. The average Bonchev–Trinajstić information content (AvgIpc) is 2.56. The summed E-state index contributed by atoms with van der Waals surface area (Å²) < 4.78 is 36.7. The third-order valence-corrected chi connectivity index (χ3v) is 4.69. The zero-order valence-corrected chi connectivity index (χ0v) is 11.2. The van der Waals surface area contributed by atoms with Crippen molar-refractivity contribution in [3.8, 4) is 0 Å².